The number of Topliss-reactive ketones (excluding diaryl/α,β-unsaturated/α-hetero) is 1. The van der Waals surface area contributed by atoms with Gasteiger partial charge in [0.1, 0.15) is 5.82 Å². The number of nitrogens with one attached hydrogen (secondary N) is 1. The van der Waals surface area contributed by atoms with Gasteiger partial charge in [0.15, 0.2) is 5.78 Å². The monoisotopic (exact) mass is 279 g/mol. The molecule has 1 heterocycles. The van der Waals surface area contributed by atoms with Gasteiger partial charge in [-0.1, -0.05) is 26.0 Å². The SMILES string of the molecule is CC(C)C(=O)c1ccc2nc(-c3cccc(N)c3)[nH]c2c1. The Kier molecular flexibility index (Phi) is 3.22. The van der Waals surface area contributed by atoms with Gasteiger partial charge in [0.2, 0.25) is 0 Å². The molecule has 0 bridgehead atoms. The summed E-state index contributed by atoms with van der Waals surface area (Å²) in [5.41, 5.74) is 9.84. The number of ketones is 1. The van der Waals surface area contributed by atoms with Crippen molar-refractivity contribution in [3.05, 3.63) is 48.0 Å². The van der Waals surface area contributed by atoms with Crippen molar-refractivity contribution < 1.29 is 4.79 Å². The number of nitrogens with zero attached hydrogens (tertiary/aromatic N) is 1. The second-order valence-corrected chi connectivity index (χ2v) is 5.46. The van der Waals surface area contributed by atoms with E-state index in [-0.39, 0.29) is 11.7 Å². The molecule has 3 rings (SSSR count). The van der Waals surface area contributed by atoms with Crippen molar-refractivity contribution in [1.29, 1.82) is 0 Å². The lowest BCUT2D eigenvalue weighted by atomic mass is 10.0. The molecular weight excluding hydrogens is 262 g/mol. The van der Waals surface area contributed by atoms with Crippen molar-refractivity contribution >= 4 is 22.5 Å². The molecule has 2 aromatic carbocycles. The summed E-state index contributed by atoms with van der Waals surface area (Å²) in [6.07, 6.45) is 0. The Morgan fingerprint density at radius 3 is 2.71 bits per heavy atom. The van der Waals surface area contributed by atoms with E-state index >= 15 is 0 Å². The first-order valence-corrected chi connectivity index (χ1v) is 6.94. The maximum Gasteiger partial charge on any atom is 0.165 e. The molecule has 0 aliphatic carbocycles. The number of carbonyl (C=O) groups excluding carboxylic acids is 1. The molecule has 106 valence electrons. The molecule has 0 saturated heterocycles. The second-order valence-electron chi connectivity index (χ2n) is 5.46. The molecule has 0 saturated carbocycles. The van der Waals surface area contributed by atoms with Gasteiger partial charge in [0.05, 0.1) is 11.0 Å². The summed E-state index contributed by atoms with van der Waals surface area (Å²) in [6, 6.07) is 13.1. The van der Waals surface area contributed by atoms with Crippen molar-refractivity contribution in [3.63, 3.8) is 0 Å². The van der Waals surface area contributed by atoms with Gasteiger partial charge < -0.3 is 10.7 Å². The summed E-state index contributed by atoms with van der Waals surface area (Å²) in [7, 11) is 0. The molecule has 1 aromatic heterocycles. The number of hydrogen-bond donors (Lipinski definition) is 2. The molecule has 0 unspecified atom stereocenters. The molecule has 21 heavy (non-hydrogen) atoms. The number of carbonyl (C=O) groups is 1. The molecule has 0 radical (unpaired) electrons. The van der Waals surface area contributed by atoms with Gasteiger partial charge in [-0.15, -0.1) is 0 Å². The lowest BCUT2D eigenvalue weighted by Crippen LogP contribution is -2.06. The Bertz CT molecular complexity index is 818. The minimum Gasteiger partial charge on any atom is -0.399 e. The molecule has 0 atom stereocenters. The van der Waals surface area contributed by atoms with E-state index in [1.807, 2.05) is 56.3 Å². The zero-order valence-electron chi connectivity index (χ0n) is 12.1. The van der Waals surface area contributed by atoms with Crippen LogP contribution in [0.3, 0.4) is 0 Å². The van der Waals surface area contributed by atoms with Crippen molar-refractivity contribution in [1.82, 2.24) is 9.97 Å². The molecule has 0 aliphatic rings. The van der Waals surface area contributed by atoms with Crippen LogP contribution >= 0.6 is 0 Å². The number of hydrogen-bond acceptors (Lipinski definition) is 3. The highest BCUT2D eigenvalue weighted by atomic mass is 16.1. The van der Waals surface area contributed by atoms with E-state index in [1.165, 1.54) is 0 Å². The summed E-state index contributed by atoms with van der Waals surface area (Å²) in [4.78, 5) is 19.9. The van der Waals surface area contributed by atoms with E-state index in [2.05, 4.69) is 9.97 Å². The molecular formula is C17H17N3O. The maximum atomic E-state index is 12.1. The van der Waals surface area contributed by atoms with Crippen LogP contribution in [0.25, 0.3) is 22.4 Å². The molecule has 0 fully saturated rings. The molecule has 0 aliphatic heterocycles. The van der Waals surface area contributed by atoms with Gasteiger partial charge in [0, 0.05) is 22.7 Å². The zero-order chi connectivity index (χ0) is 15.0. The normalized spacial score (nSPS) is 11.2. The van der Waals surface area contributed by atoms with Gasteiger partial charge in [-0.3, -0.25) is 4.79 Å². The number of aromatic nitrogens is 2. The average molecular weight is 279 g/mol. The van der Waals surface area contributed by atoms with Gasteiger partial charge in [0.25, 0.3) is 0 Å². The topological polar surface area (TPSA) is 71.8 Å². The van der Waals surface area contributed by atoms with Crippen LogP contribution in [-0.2, 0) is 0 Å². The minimum atomic E-state index is -0.0150. The molecule has 4 heteroatoms. The van der Waals surface area contributed by atoms with Crippen LogP contribution in [0.4, 0.5) is 5.69 Å². The smallest absolute Gasteiger partial charge is 0.165 e. The van der Waals surface area contributed by atoms with E-state index < -0.39 is 0 Å². The van der Waals surface area contributed by atoms with Gasteiger partial charge in [-0.05, 0) is 30.3 Å². The van der Waals surface area contributed by atoms with Crippen molar-refractivity contribution in [3.8, 4) is 11.4 Å². The highest BCUT2D eigenvalue weighted by Crippen LogP contribution is 2.23. The molecule has 0 amide bonds. The van der Waals surface area contributed by atoms with E-state index in [4.69, 9.17) is 5.73 Å². The number of H-pyrrole nitrogens is 1. The van der Waals surface area contributed by atoms with Crippen LogP contribution in [-0.4, -0.2) is 15.8 Å². The summed E-state index contributed by atoms with van der Waals surface area (Å²) >= 11 is 0. The maximum absolute atomic E-state index is 12.1. The minimum absolute atomic E-state index is 0.0150. The summed E-state index contributed by atoms with van der Waals surface area (Å²) in [5, 5.41) is 0. The largest absolute Gasteiger partial charge is 0.399 e. The number of imidazole rings is 1. The Balaban J connectivity index is 2.06. The van der Waals surface area contributed by atoms with Crippen LogP contribution in [0.5, 0.6) is 0 Å². The highest BCUT2D eigenvalue weighted by Gasteiger charge is 2.12. The summed E-state index contributed by atoms with van der Waals surface area (Å²) in [6.45, 7) is 3.80. The number of fused-ring (bicyclic) bond motifs is 1. The Hall–Kier alpha value is -2.62. The Morgan fingerprint density at radius 1 is 1.19 bits per heavy atom. The van der Waals surface area contributed by atoms with Crippen LogP contribution in [0.1, 0.15) is 24.2 Å². The number of anilines is 1. The summed E-state index contributed by atoms with van der Waals surface area (Å²) in [5.74, 6) is 0.877. The third kappa shape index (κ3) is 2.52. The molecule has 0 spiro atoms. The van der Waals surface area contributed by atoms with Crippen molar-refractivity contribution in [2.24, 2.45) is 5.92 Å². The predicted molar refractivity (Wildman–Crippen MR) is 85.1 cm³/mol. The van der Waals surface area contributed by atoms with Gasteiger partial charge in [-0.2, -0.15) is 0 Å². The standard InChI is InChI=1S/C17H17N3O/c1-10(2)16(21)11-6-7-14-15(9-11)20-17(19-14)12-4-3-5-13(18)8-12/h3-10H,18H2,1-2H3,(H,19,20). The van der Waals surface area contributed by atoms with Crippen molar-refractivity contribution in [2.75, 3.05) is 5.73 Å². The first-order chi connectivity index (χ1) is 10.0. The first-order valence-electron chi connectivity index (χ1n) is 6.94. The van der Waals surface area contributed by atoms with Crippen LogP contribution in [0, 0.1) is 5.92 Å². The van der Waals surface area contributed by atoms with Gasteiger partial charge >= 0.3 is 0 Å². The van der Waals surface area contributed by atoms with Crippen molar-refractivity contribution in [2.45, 2.75) is 13.8 Å². The number of nitrogens with two attached hydrogens (primary N) is 1. The van der Waals surface area contributed by atoms with E-state index in [9.17, 15) is 4.79 Å². The lowest BCUT2D eigenvalue weighted by molar-refractivity contribution is 0.0939. The summed E-state index contributed by atoms with van der Waals surface area (Å²) < 4.78 is 0. The molecule has 3 N–H and O–H groups in total. The molecule has 4 nitrogen and oxygen atoms in total. The quantitative estimate of drug-likeness (QED) is 0.568. The highest BCUT2D eigenvalue weighted by molar-refractivity contribution is 6.00. The second kappa shape index (κ2) is 5.05. The molecule has 3 aromatic rings. The number of benzene rings is 2. The van der Waals surface area contributed by atoms with Gasteiger partial charge in [-0.25, -0.2) is 4.98 Å². The average Bonchev–Trinajstić information content (AvgIpc) is 2.89. The van der Waals surface area contributed by atoms with Crippen LogP contribution in [0.2, 0.25) is 0 Å². The van der Waals surface area contributed by atoms with Crippen LogP contribution < -0.4 is 5.73 Å². The third-order valence-electron chi connectivity index (χ3n) is 3.45. The Labute approximate surface area is 123 Å². The number of rotatable bonds is 3. The van der Waals surface area contributed by atoms with E-state index in [0.29, 0.717) is 11.3 Å². The first kappa shape index (κ1) is 13.4. The van der Waals surface area contributed by atoms with Crippen LogP contribution in [0.15, 0.2) is 42.5 Å². The predicted octanol–water partition coefficient (Wildman–Crippen LogP) is 3.65. The Morgan fingerprint density at radius 2 is 2.00 bits per heavy atom. The third-order valence-corrected chi connectivity index (χ3v) is 3.45. The fourth-order valence-corrected chi connectivity index (χ4v) is 2.32. The fourth-order valence-electron chi connectivity index (χ4n) is 2.32. The lowest BCUT2D eigenvalue weighted by Gasteiger charge is -2.03. The number of nitrogen functional groups attached to an aromatic ring is 1. The zero-order valence-corrected chi connectivity index (χ0v) is 12.1. The number of aromatic amines is 1. The van der Waals surface area contributed by atoms with E-state index in [1.54, 1.807) is 0 Å². The fraction of sp³-hybridized carbons (Fsp3) is 0.176. The van der Waals surface area contributed by atoms with E-state index in [0.717, 1.165) is 22.4 Å².